The van der Waals surface area contributed by atoms with Gasteiger partial charge < -0.3 is 11.1 Å². The van der Waals surface area contributed by atoms with Crippen molar-refractivity contribution in [2.24, 2.45) is 11.1 Å². The molecule has 18 heavy (non-hydrogen) atoms. The molecule has 4 heteroatoms. The van der Waals surface area contributed by atoms with Crippen LogP contribution in [-0.2, 0) is 4.79 Å². The summed E-state index contributed by atoms with van der Waals surface area (Å²) in [7, 11) is 0. The summed E-state index contributed by atoms with van der Waals surface area (Å²) in [4.78, 5) is 16.5. The topological polar surface area (TPSA) is 68.0 Å². The van der Waals surface area contributed by atoms with Crippen molar-refractivity contribution in [2.45, 2.75) is 39.5 Å². The fourth-order valence-corrected chi connectivity index (χ4v) is 2.29. The summed E-state index contributed by atoms with van der Waals surface area (Å²) in [5.74, 6) is 0.583. The van der Waals surface area contributed by atoms with Crippen LogP contribution in [0.5, 0.6) is 0 Å². The molecule has 0 fully saturated rings. The van der Waals surface area contributed by atoms with E-state index in [4.69, 9.17) is 5.73 Å². The highest BCUT2D eigenvalue weighted by Crippen LogP contribution is 2.30. The molecule has 1 rings (SSSR count). The van der Waals surface area contributed by atoms with Gasteiger partial charge in [0, 0.05) is 12.7 Å². The van der Waals surface area contributed by atoms with Gasteiger partial charge in [-0.25, -0.2) is 4.98 Å². The first kappa shape index (κ1) is 14.6. The molecule has 3 N–H and O–H groups in total. The number of amides is 1. The fraction of sp³-hybridized carbons (Fsp3) is 0.571. The lowest BCUT2D eigenvalue weighted by molar-refractivity contribution is -0.126. The van der Waals surface area contributed by atoms with Crippen LogP contribution >= 0.6 is 0 Å². The zero-order chi connectivity index (χ0) is 13.4. The van der Waals surface area contributed by atoms with E-state index in [0.717, 1.165) is 25.7 Å². The van der Waals surface area contributed by atoms with E-state index in [1.54, 1.807) is 12.3 Å². The number of anilines is 1. The van der Waals surface area contributed by atoms with Crippen molar-refractivity contribution in [1.29, 1.82) is 0 Å². The standard InChI is InChI=1S/C14H23N3O/c1-3-8-14(11-15,9-4-2)13(18)17-12-7-5-6-10-16-12/h5-7,10H,3-4,8-9,11,15H2,1-2H3,(H,16,17,18). The molecule has 0 radical (unpaired) electrons. The largest absolute Gasteiger partial charge is 0.329 e. The molecule has 0 saturated heterocycles. The second kappa shape index (κ2) is 7.11. The quantitative estimate of drug-likeness (QED) is 0.780. The fourth-order valence-electron chi connectivity index (χ4n) is 2.29. The molecule has 0 aromatic carbocycles. The normalized spacial score (nSPS) is 11.3. The van der Waals surface area contributed by atoms with Crippen molar-refractivity contribution in [1.82, 2.24) is 4.98 Å². The van der Waals surface area contributed by atoms with E-state index in [2.05, 4.69) is 24.1 Å². The van der Waals surface area contributed by atoms with Crippen molar-refractivity contribution in [3.63, 3.8) is 0 Å². The summed E-state index contributed by atoms with van der Waals surface area (Å²) < 4.78 is 0. The average molecular weight is 249 g/mol. The Hall–Kier alpha value is -1.42. The van der Waals surface area contributed by atoms with Crippen molar-refractivity contribution in [3.05, 3.63) is 24.4 Å². The first-order valence-electron chi connectivity index (χ1n) is 6.61. The minimum absolute atomic E-state index is 0.00704. The summed E-state index contributed by atoms with van der Waals surface area (Å²) in [6.45, 7) is 4.54. The SMILES string of the molecule is CCCC(CN)(CCC)C(=O)Nc1ccccn1. The predicted octanol–water partition coefficient (Wildman–Crippen LogP) is 2.57. The van der Waals surface area contributed by atoms with Gasteiger partial charge in [-0.15, -0.1) is 0 Å². The van der Waals surface area contributed by atoms with E-state index < -0.39 is 5.41 Å². The second-order valence-corrected chi connectivity index (χ2v) is 4.65. The molecule has 0 unspecified atom stereocenters. The highest BCUT2D eigenvalue weighted by molar-refractivity contribution is 5.94. The summed E-state index contributed by atoms with van der Waals surface area (Å²) >= 11 is 0. The van der Waals surface area contributed by atoms with Crippen LogP contribution < -0.4 is 11.1 Å². The van der Waals surface area contributed by atoms with Gasteiger partial charge in [0.05, 0.1) is 5.41 Å². The predicted molar refractivity (Wildman–Crippen MR) is 74.2 cm³/mol. The van der Waals surface area contributed by atoms with Gasteiger partial charge in [0.25, 0.3) is 0 Å². The van der Waals surface area contributed by atoms with Gasteiger partial charge >= 0.3 is 0 Å². The highest BCUT2D eigenvalue weighted by Gasteiger charge is 2.35. The molecule has 4 nitrogen and oxygen atoms in total. The maximum absolute atomic E-state index is 12.4. The van der Waals surface area contributed by atoms with E-state index in [0.29, 0.717) is 12.4 Å². The number of aromatic nitrogens is 1. The maximum Gasteiger partial charge on any atom is 0.233 e. The highest BCUT2D eigenvalue weighted by atomic mass is 16.2. The van der Waals surface area contributed by atoms with Crippen molar-refractivity contribution in [3.8, 4) is 0 Å². The minimum Gasteiger partial charge on any atom is -0.329 e. The van der Waals surface area contributed by atoms with E-state index in [-0.39, 0.29) is 5.91 Å². The second-order valence-electron chi connectivity index (χ2n) is 4.65. The van der Waals surface area contributed by atoms with Gasteiger partial charge in [0.2, 0.25) is 5.91 Å². The van der Waals surface area contributed by atoms with Crippen LogP contribution in [0.2, 0.25) is 0 Å². The van der Waals surface area contributed by atoms with E-state index in [1.807, 2.05) is 12.1 Å². The lowest BCUT2D eigenvalue weighted by atomic mass is 9.78. The number of carbonyl (C=O) groups excluding carboxylic acids is 1. The maximum atomic E-state index is 12.4. The number of pyridine rings is 1. The van der Waals surface area contributed by atoms with Crippen LogP contribution in [0.1, 0.15) is 39.5 Å². The molecule has 0 spiro atoms. The van der Waals surface area contributed by atoms with Gasteiger partial charge in [0.15, 0.2) is 0 Å². The average Bonchev–Trinajstić information content (AvgIpc) is 2.39. The molecule has 1 aromatic rings. The first-order chi connectivity index (χ1) is 8.68. The summed E-state index contributed by atoms with van der Waals surface area (Å²) in [5.41, 5.74) is 5.40. The number of hydrogen-bond acceptors (Lipinski definition) is 3. The van der Waals surface area contributed by atoms with Crippen LogP contribution in [0.25, 0.3) is 0 Å². The molecule has 1 heterocycles. The third-order valence-electron chi connectivity index (χ3n) is 3.24. The van der Waals surface area contributed by atoms with Crippen LogP contribution in [-0.4, -0.2) is 17.4 Å². The van der Waals surface area contributed by atoms with Crippen molar-refractivity contribution >= 4 is 11.7 Å². The molecule has 1 amide bonds. The Kier molecular flexibility index (Phi) is 5.78. The van der Waals surface area contributed by atoms with E-state index >= 15 is 0 Å². The van der Waals surface area contributed by atoms with Gasteiger partial charge in [-0.3, -0.25) is 4.79 Å². The summed E-state index contributed by atoms with van der Waals surface area (Å²) in [6, 6.07) is 5.47. The van der Waals surface area contributed by atoms with Crippen LogP contribution in [0.15, 0.2) is 24.4 Å². The Labute approximate surface area is 109 Å². The summed E-state index contributed by atoms with van der Waals surface area (Å²) in [5, 5.41) is 2.87. The summed E-state index contributed by atoms with van der Waals surface area (Å²) in [6.07, 6.45) is 5.20. The molecule has 100 valence electrons. The molecule has 0 bridgehead atoms. The van der Waals surface area contributed by atoms with Crippen LogP contribution in [0.3, 0.4) is 0 Å². The number of hydrogen-bond donors (Lipinski definition) is 2. The zero-order valence-electron chi connectivity index (χ0n) is 11.3. The Morgan fingerprint density at radius 3 is 2.44 bits per heavy atom. The van der Waals surface area contributed by atoms with Gasteiger partial charge in [-0.1, -0.05) is 32.8 Å². The number of nitrogens with two attached hydrogens (primary N) is 1. The Balaban J connectivity index is 2.82. The molecule has 0 aliphatic carbocycles. The smallest absolute Gasteiger partial charge is 0.233 e. The van der Waals surface area contributed by atoms with Crippen molar-refractivity contribution in [2.75, 3.05) is 11.9 Å². The van der Waals surface area contributed by atoms with Crippen LogP contribution in [0, 0.1) is 5.41 Å². The number of carbonyl (C=O) groups is 1. The van der Waals surface area contributed by atoms with Crippen LogP contribution in [0.4, 0.5) is 5.82 Å². The monoisotopic (exact) mass is 249 g/mol. The van der Waals surface area contributed by atoms with E-state index in [1.165, 1.54) is 0 Å². The third-order valence-corrected chi connectivity index (χ3v) is 3.24. The molecular formula is C14H23N3O. The van der Waals surface area contributed by atoms with Gasteiger partial charge in [-0.05, 0) is 25.0 Å². The number of nitrogens with zero attached hydrogens (tertiary/aromatic N) is 1. The molecule has 0 aliphatic rings. The van der Waals surface area contributed by atoms with E-state index in [9.17, 15) is 4.79 Å². The van der Waals surface area contributed by atoms with Gasteiger partial charge in [0.1, 0.15) is 5.82 Å². The first-order valence-corrected chi connectivity index (χ1v) is 6.61. The Morgan fingerprint density at radius 1 is 1.33 bits per heavy atom. The Bertz CT molecular complexity index is 359. The number of rotatable bonds is 7. The molecule has 0 saturated carbocycles. The molecule has 0 atom stereocenters. The zero-order valence-corrected chi connectivity index (χ0v) is 11.3. The molecular weight excluding hydrogens is 226 g/mol. The van der Waals surface area contributed by atoms with Gasteiger partial charge in [-0.2, -0.15) is 0 Å². The molecule has 1 aromatic heterocycles. The lowest BCUT2D eigenvalue weighted by Gasteiger charge is -2.30. The lowest BCUT2D eigenvalue weighted by Crippen LogP contribution is -2.42. The number of nitrogens with one attached hydrogen (secondary N) is 1. The Morgan fingerprint density at radius 2 is 2.00 bits per heavy atom. The molecule has 0 aliphatic heterocycles. The minimum atomic E-state index is -0.457. The van der Waals surface area contributed by atoms with Crippen molar-refractivity contribution < 1.29 is 4.79 Å². The third kappa shape index (κ3) is 3.53.